The van der Waals surface area contributed by atoms with Crippen LogP contribution in [0, 0.1) is 23.0 Å². The number of halogens is 2. The molecule has 92 valence electrons. The van der Waals surface area contributed by atoms with Crippen molar-refractivity contribution in [2.75, 3.05) is 0 Å². The van der Waals surface area contributed by atoms with E-state index >= 15 is 0 Å². The van der Waals surface area contributed by atoms with Crippen LogP contribution in [0.15, 0.2) is 12.1 Å². The maximum absolute atomic E-state index is 13.2. The molecule has 5 heteroatoms. The van der Waals surface area contributed by atoms with Crippen molar-refractivity contribution in [3.63, 3.8) is 0 Å². The quantitative estimate of drug-likeness (QED) is 0.837. The van der Waals surface area contributed by atoms with Crippen molar-refractivity contribution in [3.05, 3.63) is 29.3 Å². The molecule has 1 aromatic rings. The molecule has 1 saturated carbocycles. The number of phenolic OH excluding ortho intramolecular Hbond substituents is 1. The molecule has 0 bridgehead atoms. The van der Waals surface area contributed by atoms with Gasteiger partial charge in [-0.2, -0.15) is 0 Å². The van der Waals surface area contributed by atoms with Gasteiger partial charge in [0.15, 0.2) is 11.6 Å². The lowest BCUT2D eigenvalue weighted by molar-refractivity contribution is -0.139. The Morgan fingerprint density at radius 1 is 1.35 bits per heavy atom. The second-order valence-electron chi connectivity index (χ2n) is 4.94. The average molecular weight is 242 g/mol. The number of benzene rings is 1. The maximum Gasteiger partial charge on any atom is 0.307 e. The lowest BCUT2D eigenvalue weighted by Gasteiger charge is -2.06. The minimum absolute atomic E-state index is 0.0277. The van der Waals surface area contributed by atoms with Crippen molar-refractivity contribution in [1.82, 2.24) is 0 Å². The van der Waals surface area contributed by atoms with Crippen LogP contribution in [0.3, 0.4) is 0 Å². The summed E-state index contributed by atoms with van der Waals surface area (Å²) in [5.41, 5.74) is -0.580. The molecule has 2 N–H and O–H groups in total. The Balaban J connectivity index is 2.47. The fraction of sp³-hybridized carbons (Fsp3) is 0.417. The Labute approximate surface area is 96.7 Å². The SMILES string of the molecule is CC1(C)[C@H](C(=O)O)[C@H]1c1cc(F)cc(F)c1O. The number of hydrogen-bond acceptors (Lipinski definition) is 2. The first kappa shape index (κ1) is 11.8. The number of aromatic hydroxyl groups is 1. The van der Waals surface area contributed by atoms with Crippen molar-refractivity contribution < 1.29 is 23.8 Å². The van der Waals surface area contributed by atoms with Gasteiger partial charge in [-0.1, -0.05) is 13.8 Å². The number of phenols is 1. The Morgan fingerprint density at radius 2 is 1.94 bits per heavy atom. The third-order valence-corrected chi connectivity index (χ3v) is 3.49. The highest BCUT2D eigenvalue weighted by atomic mass is 19.1. The molecule has 1 aliphatic rings. The van der Waals surface area contributed by atoms with Gasteiger partial charge in [-0.05, 0) is 11.5 Å². The van der Waals surface area contributed by atoms with E-state index in [1.165, 1.54) is 0 Å². The minimum Gasteiger partial charge on any atom is -0.505 e. The zero-order valence-corrected chi connectivity index (χ0v) is 9.37. The molecule has 0 saturated heterocycles. The lowest BCUT2D eigenvalue weighted by Crippen LogP contribution is -2.03. The predicted octanol–water partition coefficient (Wildman–Crippen LogP) is 2.49. The maximum atomic E-state index is 13.2. The van der Waals surface area contributed by atoms with Crippen LogP contribution in [0.1, 0.15) is 25.3 Å². The summed E-state index contributed by atoms with van der Waals surface area (Å²) < 4.78 is 26.2. The number of carboxylic acids is 1. The minimum atomic E-state index is -1.06. The summed E-state index contributed by atoms with van der Waals surface area (Å²) >= 11 is 0. The normalized spacial score (nSPS) is 25.6. The molecule has 1 aliphatic carbocycles. The molecule has 0 aromatic heterocycles. The van der Waals surface area contributed by atoms with Crippen molar-refractivity contribution in [1.29, 1.82) is 0 Å². The molecule has 1 aromatic carbocycles. The number of hydrogen-bond donors (Lipinski definition) is 2. The molecule has 1 fully saturated rings. The Hall–Kier alpha value is -1.65. The van der Waals surface area contributed by atoms with Crippen LogP contribution in [0.4, 0.5) is 8.78 Å². The number of carbonyl (C=O) groups is 1. The van der Waals surface area contributed by atoms with Crippen LogP contribution >= 0.6 is 0 Å². The standard InChI is InChI=1S/C12H12F2O3/c1-12(2)8(9(12)11(16)17)6-3-5(13)4-7(14)10(6)15/h3-4,8-9,15H,1-2H3,(H,16,17)/t8-,9+/m1/s1. The third-order valence-electron chi connectivity index (χ3n) is 3.49. The zero-order chi connectivity index (χ0) is 13.0. The van der Waals surface area contributed by atoms with Gasteiger partial charge in [-0.25, -0.2) is 8.78 Å². The Morgan fingerprint density at radius 3 is 2.41 bits per heavy atom. The van der Waals surface area contributed by atoms with Gasteiger partial charge in [0.1, 0.15) is 5.82 Å². The lowest BCUT2D eigenvalue weighted by atomic mass is 10.0. The zero-order valence-electron chi connectivity index (χ0n) is 9.37. The monoisotopic (exact) mass is 242 g/mol. The topological polar surface area (TPSA) is 57.5 Å². The molecule has 0 unspecified atom stereocenters. The van der Waals surface area contributed by atoms with E-state index in [1.54, 1.807) is 13.8 Å². The molecule has 0 radical (unpaired) electrons. The molecule has 17 heavy (non-hydrogen) atoms. The summed E-state index contributed by atoms with van der Waals surface area (Å²) in [5, 5.41) is 18.5. The molecular formula is C12H12F2O3. The first-order valence-electron chi connectivity index (χ1n) is 5.17. The highest BCUT2D eigenvalue weighted by Crippen LogP contribution is 2.65. The summed E-state index contributed by atoms with van der Waals surface area (Å²) in [6.45, 7) is 3.39. The summed E-state index contributed by atoms with van der Waals surface area (Å²) in [7, 11) is 0. The van der Waals surface area contributed by atoms with E-state index in [-0.39, 0.29) is 5.56 Å². The first-order chi connectivity index (χ1) is 7.76. The largest absolute Gasteiger partial charge is 0.505 e. The van der Waals surface area contributed by atoms with Gasteiger partial charge in [0.2, 0.25) is 0 Å². The molecule has 2 rings (SSSR count). The highest BCUT2D eigenvalue weighted by molar-refractivity contribution is 5.78. The van der Waals surface area contributed by atoms with Crippen LogP contribution in [0.25, 0.3) is 0 Å². The number of carboxylic acid groups (broad SMARTS) is 1. The molecule has 0 amide bonds. The van der Waals surface area contributed by atoms with Crippen molar-refractivity contribution >= 4 is 5.97 Å². The van der Waals surface area contributed by atoms with E-state index in [2.05, 4.69) is 0 Å². The van der Waals surface area contributed by atoms with Crippen molar-refractivity contribution in [2.45, 2.75) is 19.8 Å². The van der Waals surface area contributed by atoms with Crippen LogP contribution in [-0.4, -0.2) is 16.2 Å². The molecular weight excluding hydrogens is 230 g/mol. The first-order valence-corrected chi connectivity index (χ1v) is 5.17. The fourth-order valence-electron chi connectivity index (χ4n) is 2.50. The Bertz CT molecular complexity index is 497. The van der Waals surface area contributed by atoms with E-state index in [9.17, 15) is 18.7 Å². The van der Waals surface area contributed by atoms with E-state index in [4.69, 9.17) is 5.11 Å². The number of aliphatic carboxylic acids is 1. The van der Waals surface area contributed by atoms with Gasteiger partial charge in [-0.15, -0.1) is 0 Å². The van der Waals surface area contributed by atoms with Gasteiger partial charge in [0.05, 0.1) is 5.92 Å². The van der Waals surface area contributed by atoms with Gasteiger partial charge >= 0.3 is 5.97 Å². The average Bonchev–Trinajstić information content (AvgIpc) is 2.75. The smallest absolute Gasteiger partial charge is 0.307 e. The van der Waals surface area contributed by atoms with Gasteiger partial charge in [-0.3, -0.25) is 4.79 Å². The van der Waals surface area contributed by atoms with Crippen molar-refractivity contribution in [2.24, 2.45) is 11.3 Å². The summed E-state index contributed by atoms with van der Waals surface area (Å²) in [6.07, 6.45) is 0. The highest BCUT2D eigenvalue weighted by Gasteiger charge is 2.63. The second kappa shape index (κ2) is 3.42. The van der Waals surface area contributed by atoms with Gasteiger partial charge in [0.25, 0.3) is 0 Å². The molecule has 2 atom stereocenters. The fourth-order valence-corrected chi connectivity index (χ4v) is 2.50. The van der Waals surface area contributed by atoms with E-state index in [0.29, 0.717) is 6.07 Å². The van der Waals surface area contributed by atoms with Crippen LogP contribution in [0.5, 0.6) is 5.75 Å². The van der Waals surface area contributed by atoms with Crippen LogP contribution in [-0.2, 0) is 4.79 Å². The summed E-state index contributed by atoms with van der Waals surface area (Å²) in [4.78, 5) is 11.0. The molecule has 0 heterocycles. The van der Waals surface area contributed by atoms with E-state index in [0.717, 1.165) is 6.07 Å². The number of rotatable bonds is 2. The second-order valence-corrected chi connectivity index (χ2v) is 4.94. The summed E-state index contributed by atoms with van der Waals surface area (Å²) in [5.74, 6) is -4.86. The predicted molar refractivity (Wildman–Crippen MR) is 55.7 cm³/mol. The van der Waals surface area contributed by atoms with E-state index in [1.807, 2.05) is 0 Å². The van der Waals surface area contributed by atoms with Gasteiger partial charge in [0, 0.05) is 17.5 Å². The van der Waals surface area contributed by atoms with Crippen molar-refractivity contribution in [3.8, 4) is 5.75 Å². The van der Waals surface area contributed by atoms with Gasteiger partial charge < -0.3 is 10.2 Å². The van der Waals surface area contributed by atoms with Crippen LogP contribution < -0.4 is 0 Å². The molecule has 3 nitrogen and oxygen atoms in total. The van der Waals surface area contributed by atoms with E-state index < -0.39 is 40.6 Å². The Kier molecular flexibility index (Phi) is 2.38. The summed E-state index contributed by atoms with van der Waals surface area (Å²) in [6, 6.07) is 1.57. The van der Waals surface area contributed by atoms with Crippen LogP contribution in [0.2, 0.25) is 0 Å². The third kappa shape index (κ3) is 1.66. The molecule has 0 spiro atoms. The molecule has 0 aliphatic heterocycles.